The van der Waals surface area contributed by atoms with Crippen molar-refractivity contribution in [3.05, 3.63) is 82.8 Å². The Hall–Kier alpha value is -4.24. The Morgan fingerprint density at radius 2 is 1.87 bits per heavy atom. The number of hydrogen-bond donors (Lipinski definition) is 3. The smallest absolute Gasteiger partial charge is 0.251 e. The van der Waals surface area contributed by atoms with Crippen LogP contribution in [0.2, 0.25) is 0 Å². The van der Waals surface area contributed by atoms with Crippen molar-refractivity contribution in [1.29, 1.82) is 0 Å². The molecule has 3 aromatic rings. The number of likely N-dealkylation sites (tertiary alicyclic amines) is 1. The molecule has 0 atom stereocenters. The predicted octanol–water partition coefficient (Wildman–Crippen LogP) is 3.79. The zero-order valence-corrected chi connectivity index (χ0v) is 22.7. The number of nitrogens with zero attached hydrogens (tertiary/aromatic N) is 4. The summed E-state index contributed by atoms with van der Waals surface area (Å²) in [4.78, 5) is 29.2. The summed E-state index contributed by atoms with van der Waals surface area (Å²) in [5.41, 5.74) is 12.9. The van der Waals surface area contributed by atoms with Gasteiger partial charge in [-0.05, 0) is 69.6 Å². The molecule has 9 heteroatoms. The molecule has 0 spiro atoms. The van der Waals surface area contributed by atoms with E-state index in [0.717, 1.165) is 72.6 Å². The molecule has 5 rings (SSSR count). The Labute approximate surface area is 229 Å². The minimum absolute atomic E-state index is 0.100. The van der Waals surface area contributed by atoms with Crippen LogP contribution in [0.1, 0.15) is 46.4 Å². The Bertz CT molecular complexity index is 1410. The Morgan fingerprint density at radius 3 is 2.59 bits per heavy atom. The lowest BCUT2D eigenvalue weighted by Crippen LogP contribution is -2.43. The molecule has 1 fully saturated rings. The Balaban J connectivity index is 1.39. The lowest BCUT2D eigenvalue weighted by atomic mass is 9.88. The summed E-state index contributed by atoms with van der Waals surface area (Å²) >= 11 is 0. The molecule has 1 saturated heterocycles. The highest BCUT2D eigenvalue weighted by Crippen LogP contribution is 2.33. The van der Waals surface area contributed by atoms with Gasteiger partial charge in [0.15, 0.2) is 0 Å². The fraction of sp³-hybridized carbons (Fsp3) is 0.333. The van der Waals surface area contributed by atoms with E-state index in [4.69, 9.17) is 15.5 Å². The molecule has 2 aromatic carbocycles. The van der Waals surface area contributed by atoms with Crippen LogP contribution in [0.4, 0.5) is 11.6 Å². The number of fused-ring (bicyclic) bond motifs is 1. The molecular formula is C30H35N7O2. The molecular weight excluding hydrogens is 490 g/mol. The number of hydrogen-bond acceptors (Lipinski definition) is 8. The number of nitrogens with one attached hydrogen (secondary N) is 2. The summed E-state index contributed by atoms with van der Waals surface area (Å²) in [5.74, 6) is 0.839. The number of aliphatic imine (C=N–C) groups is 1. The molecule has 0 saturated carbocycles. The van der Waals surface area contributed by atoms with Crippen molar-refractivity contribution >= 4 is 28.8 Å². The number of ether oxygens (including phenoxy) is 1. The molecule has 0 unspecified atom stereocenters. The molecule has 2 aliphatic rings. The lowest BCUT2D eigenvalue weighted by Gasteiger charge is -2.29. The fourth-order valence-corrected chi connectivity index (χ4v) is 5.14. The summed E-state index contributed by atoms with van der Waals surface area (Å²) in [6, 6.07) is 15.5. The molecule has 202 valence electrons. The maximum atomic E-state index is 12.9. The highest BCUT2D eigenvalue weighted by molar-refractivity contribution is 6.32. The second kappa shape index (κ2) is 11.7. The van der Waals surface area contributed by atoms with Crippen molar-refractivity contribution in [3.8, 4) is 5.75 Å². The van der Waals surface area contributed by atoms with Gasteiger partial charge in [0.1, 0.15) is 5.75 Å². The molecule has 9 nitrogen and oxygen atoms in total. The SMILES string of the molecule is CN=C(C1=C(N)CCc2cnc(Nc3ccc(C(=O)NC4CCN(C)CC4)cc3OC)nc21)c1ccccc1. The molecule has 1 amide bonds. The molecule has 39 heavy (non-hydrogen) atoms. The summed E-state index contributed by atoms with van der Waals surface area (Å²) in [5, 5.41) is 6.42. The number of piperidine rings is 1. The van der Waals surface area contributed by atoms with Crippen molar-refractivity contribution in [3.63, 3.8) is 0 Å². The van der Waals surface area contributed by atoms with E-state index in [1.54, 1.807) is 26.3 Å². The van der Waals surface area contributed by atoms with Gasteiger partial charge >= 0.3 is 0 Å². The van der Waals surface area contributed by atoms with Crippen molar-refractivity contribution in [1.82, 2.24) is 20.2 Å². The molecule has 1 aliphatic heterocycles. The number of nitrogens with two attached hydrogens (primary N) is 1. The number of allylic oxidation sites excluding steroid dienone is 2. The van der Waals surface area contributed by atoms with Crippen LogP contribution in [-0.4, -0.2) is 66.8 Å². The number of anilines is 2. The molecule has 0 bridgehead atoms. The minimum atomic E-state index is -0.100. The maximum Gasteiger partial charge on any atom is 0.251 e. The van der Waals surface area contributed by atoms with Gasteiger partial charge < -0.3 is 26.0 Å². The van der Waals surface area contributed by atoms with E-state index in [2.05, 4.69) is 32.6 Å². The standard InChI is InChI=1S/C30H35N7O2/c1-32-27(19-7-5-4-6-8-19)26-23(31)11-9-21-18-33-30(36-28(21)26)35-24-12-10-20(17-25(24)39-3)29(38)34-22-13-15-37(2)16-14-22/h4-8,10,12,17-18,22H,9,11,13-16,31H2,1-3H3,(H,34,38)(H,33,35,36). The Morgan fingerprint density at radius 1 is 1.10 bits per heavy atom. The van der Waals surface area contributed by atoms with E-state index >= 15 is 0 Å². The van der Waals surface area contributed by atoms with Crippen molar-refractivity contribution in [2.24, 2.45) is 10.7 Å². The van der Waals surface area contributed by atoms with E-state index in [1.165, 1.54) is 0 Å². The van der Waals surface area contributed by atoms with Crippen LogP contribution in [-0.2, 0) is 6.42 Å². The van der Waals surface area contributed by atoms with Crippen LogP contribution < -0.4 is 21.1 Å². The quantitative estimate of drug-likeness (QED) is 0.402. The van der Waals surface area contributed by atoms with Gasteiger partial charge in [0.25, 0.3) is 5.91 Å². The second-order valence-corrected chi connectivity index (χ2v) is 10.00. The van der Waals surface area contributed by atoms with Gasteiger partial charge in [-0.1, -0.05) is 30.3 Å². The third kappa shape index (κ3) is 5.78. The molecule has 1 aromatic heterocycles. The second-order valence-electron chi connectivity index (χ2n) is 10.00. The summed E-state index contributed by atoms with van der Waals surface area (Å²) < 4.78 is 5.62. The van der Waals surface area contributed by atoms with Crippen LogP contribution in [0.3, 0.4) is 0 Å². The number of methoxy groups -OCH3 is 1. The average molecular weight is 526 g/mol. The largest absolute Gasteiger partial charge is 0.495 e. The van der Waals surface area contributed by atoms with E-state index in [0.29, 0.717) is 22.9 Å². The topological polar surface area (TPSA) is 118 Å². The van der Waals surface area contributed by atoms with Crippen LogP contribution in [0, 0.1) is 0 Å². The van der Waals surface area contributed by atoms with Gasteiger partial charge in [0.05, 0.1) is 24.2 Å². The van der Waals surface area contributed by atoms with Crippen LogP contribution in [0.25, 0.3) is 5.57 Å². The fourth-order valence-electron chi connectivity index (χ4n) is 5.14. The molecule has 0 radical (unpaired) electrons. The summed E-state index contributed by atoms with van der Waals surface area (Å²) in [6.45, 7) is 1.97. The predicted molar refractivity (Wildman–Crippen MR) is 155 cm³/mol. The third-order valence-electron chi connectivity index (χ3n) is 7.36. The zero-order chi connectivity index (χ0) is 27.4. The van der Waals surface area contributed by atoms with Gasteiger partial charge in [-0.15, -0.1) is 0 Å². The van der Waals surface area contributed by atoms with E-state index in [-0.39, 0.29) is 11.9 Å². The Kier molecular flexibility index (Phi) is 7.88. The summed E-state index contributed by atoms with van der Waals surface area (Å²) in [7, 11) is 5.46. The van der Waals surface area contributed by atoms with E-state index < -0.39 is 0 Å². The molecule has 1 aliphatic carbocycles. The number of benzene rings is 2. The lowest BCUT2D eigenvalue weighted by molar-refractivity contribution is 0.0916. The summed E-state index contributed by atoms with van der Waals surface area (Å²) in [6.07, 6.45) is 5.22. The monoisotopic (exact) mass is 525 g/mol. The van der Waals surface area contributed by atoms with Gasteiger partial charge in [0, 0.05) is 41.7 Å². The van der Waals surface area contributed by atoms with Crippen molar-refractivity contribution < 1.29 is 9.53 Å². The van der Waals surface area contributed by atoms with Crippen molar-refractivity contribution in [2.75, 3.05) is 39.6 Å². The first-order chi connectivity index (χ1) is 19.0. The first-order valence-corrected chi connectivity index (χ1v) is 13.3. The molecule has 4 N–H and O–H groups in total. The van der Waals surface area contributed by atoms with Gasteiger partial charge in [-0.3, -0.25) is 9.79 Å². The van der Waals surface area contributed by atoms with Gasteiger partial charge in [-0.25, -0.2) is 9.97 Å². The van der Waals surface area contributed by atoms with Gasteiger partial charge in [0.2, 0.25) is 5.95 Å². The first-order valence-electron chi connectivity index (χ1n) is 13.3. The molecule has 2 heterocycles. The van der Waals surface area contributed by atoms with Gasteiger partial charge in [-0.2, -0.15) is 0 Å². The van der Waals surface area contributed by atoms with Crippen LogP contribution >= 0.6 is 0 Å². The number of rotatable bonds is 7. The highest BCUT2D eigenvalue weighted by Gasteiger charge is 2.25. The van der Waals surface area contributed by atoms with Crippen molar-refractivity contribution in [2.45, 2.75) is 31.7 Å². The zero-order valence-electron chi connectivity index (χ0n) is 22.7. The maximum absolute atomic E-state index is 12.9. The van der Waals surface area contributed by atoms with Crippen LogP contribution in [0.5, 0.6) is 5.75 Å². The number of carbonyl (C=O) groups excluding carboxylic acids is 1. The third-order valence-corrected chi connectivity index (χ3v) is 7.36. The average Bonchev–Trinajstić information content (AvgIpc) is 2.96. The number of carbonyl (C=O) groups is 1. The van der Waals surface area contributed by atoms with E-state index in [1.807, 2.05) is 42.6 Å². The van der Waals surface area contributed by atoms with E-state index in [9.17, 15) is 4.79 Å². The first kappa shape index (κ1) is 26.4. The van der Waals surface area contributed by atoms with Crippen LogP contribution in [0.15, 0.2) is 65.4 Å². The minimum Gasteiger partial charge on any atom is -0.495 e. The normalized spacial score (nSPS) is 16.5. The highest BCUT2D eigenvalue weighted by atomic mass is 16.5. The number of aromatic nitrogens is 2. The number of aryl methyl sites for hydroxylation is 1. The number of amides is 1.